The second-order valence-corrected chi connectivity index (χ2v) is 8.99. The minimum atomic E-state index is -3.12. The summed E-state index contributed by atoms with van der Waals surface area (Å²) < 4.78 is 22.3. The summed E-state index contributed by atoms with van der Waals surface area (Å²) in [7, 11) is -3.12. The topological polar surface area (TPSA) is 92.5 Å². The molecule has 1 aromatic rings. The first-order valence-electron chi connectivity index (χ1n) is 8.34. The van der Waals surface area contributed by atoms with Gasteiger partial charge in [-0.3, -0.25) is 4.79 Å². The van der Waals surface area contributed by atoms with Crippen molar-refractivity contribution in [3.05, 3.63) is 24.3 Å². The number of carbonyl (C=O) groups excluding carboxylic acids is 1. The molecule has 134 valence electrons. The van der Waals surface area contributed by atoms with E-state index in [0.717, 1.165) is 31.0 Å². The molecule has 1 aromatic carbocycles. The van der Waals surface area contributed by atoms with Gasteiger partial charge in [-0.25, -0.2) is 8.42 Å². The first-order valence-corrected chi connectivity index (χ1v) is 10.4. The third-order valence-electron chi connectivity index (χ3n) is 4.40. The molecule has 0 aromatic heterocycles. The first kappa shape index (κ1) is 18.7. The Morgan fingerprint density at radius 1 is 1.38 bits per heavy atom. The smallest absolute Gasteiger partial charge is 0.241 e. The van der Waals surface area contributed by atoms with Gasteiger partial charge in [0.25, 0.3) is 0 Å². The van der Waals surface area contributed by atoms with Gasteiger partial charge in [0.1, 0.15) is 9.84 Å². The summed E-state index contributed by atoms with van der Waals surface area (Å²) in [4.78, 5) is 14.4. The average molecular weight is 353 g/mol. The Morgan fingerprint density at radius 2 is 2.04 bits per heavy atom. The lowest BCUT2D eigenvalue weighted by atomic mass is 9.99. The highest BCUT2D eigenvalue weighted by molar-refractivity contribution is 7.90. The van der Waals surface area contributed by atoms with Gasteiger partial charge in [0.2, 0.25) is 5.91 Å². The van der Waals surface area contributed by atoms with Gasteiger partial charge in [-0.1, -0.05) is 13.0 Å². The number of anilines is 2. The summed E-state index contributed by atoms with van der Waals surface area (Å²) in [5.41, 5.74) is 7.55. The molecule has 1 heterocycles. The van der Waals surface area contributed by atoms with Crippen LogP contribution in [-0.4, -0.2) is 45.5 Å². The van der Waals surface area contributed by atoms with E-state index in [0.29, 0.717) is 5.69 Å². The monoisotopic (exact) mass is 353 g/mol. The molecule has 1 aliphatic heterocycles. The summed E-state index contributed by atoms with van der Waals surface area (Å²) >= 11 is 0. The SMILES string of the molecule is CC1CCN(c2cccc(NC(=O)C(N)CCS(C)(=O)=O)c2)CC1. The van der Waals surface area contributed by atoms with Gasteiger partial charge in [-0.15, -0.1) is 0 Å². The molecule has 2 rings (SSSR count). The van der Waals surface area contributed by atoms with Crippen LogP contribution in [0.5, 0.6) is 0 Å². The van der Waals surface area contributed by atoms with Crippen LogP contribution in [0.2, 0.25) is 0 Å². The summed E-state index contributed by atoms with van der Waals surface area (Å²) in [6, 6.07) is 6.87. The van der Waals surface area contributed by atoms with Crippen LogP contribution in [-0.2, 0) is 14.6 Å². The number of nitrogens with one attached hydrogen (secondary N) is 1. The van der Waals surface area contributed by atoms with Gasteiger partial charge in [0, 0.05) is 30.7 Å². The third-order valence-corrected chi connectivity index (χ3v) is 5.38. The van der Waals surface area contributed by atoms with Crippen LogP contribution in [0.1, 0.15) is 26.2 Å². The molecule has 7 heteroatoms. The van der Waals surface area contributed by atoms with Crippen molar-refractivity contribution in [2.75, 3.05) is 35.3 Å². The highest BCUT2D eigenvalue weighted by atomic mass is 32.2. The van der Waals surface area contributed by atoms with Crippen molar-refractivity contribution in [1.29, 1.82) is 0 Å². The van der Waals surface area contributed by atoms with Gasteiger partial charge in [-0.05, 0) is 43.4 Å². The highest BCUT2D eigenvalue weighted by Gasteiger charge is 2.18. The second-order valence-electron chi connectivity index (χ2n) is 6.73. The van der Waals surface area contributed by atoms with Crippen molar-refractivity contribution in [2.24, 2.45) is 11.7 Å². The average Bonchev–Trinajstić information content (AvgIpc) is 2.52. The van der Waals surface area contributed by atoms with E-state index in [1.165, 1.54) is 12.8 Å². The van der Waals surface area contributed by atoms with Crippen molar-refractivity contribution in [1.82, 2.24) is 0 Å². The predicted molar refractivity (Wildman–Crippen MR) is 98.0 cm³/mol. The Kier molecular flexibility index (Phi) is 6.23. The van der Waals surface area contributed by atoms with Crippen molar-refractivity contribution in [2.45, 2.75) is 32.2 Å². The summed E-state index contributed by atoms with van der Waals surface area (Å²) in [5, 5.41) is 2.78. The highest BCUT2D eigenvalue weighted by Crippen LogP contribution is 2.25. The molecule has 0 bridgehead atoms. The Balaban J connectivity index is 1.95. The Morgan fingerprint density at radius 3 is 2.67 bits per heavy atom. The molecule has 1 aliphatic rings. The first-order chi connectivity index (χ1) is 11.2. The van der Waals surface area contributed by atoms with Gasteiger partial charge in [0.05, 0.1) is 11.8 Å². The van der Waals surface area contributed by atoms with Crippen molar-refractivity contribution in [3.8, 4) is 0 Å². The van der Waals surface area contributed by atoms with E-state index in [2.05, 4.69) is 17.1 Å². The summed E-state index contributed by atoms with van der Waals surface area (Å²) in [6.45, 7) is 4.31. The number of nitrogens with zero attached hydrogens (tertiary/aromatic N) is 1. The van der Waals surface area contributed by atoms with E-state index in [-0.39, 0.29) is 18.1 Å². The third kappa shape index (κ3) is 5.79. The standard InChI is InChI=1S/C17H27N3O3S/c1-13-6-9-20(10-7-13)15-5-3-4-14(12-15)19-17(21)16(18)8-11-24(2,22)23/h3-5,12-13,16H,6-11,18H2,1-2H3,(H,19,21). The maximum absolute atomic E-state index is 12.1. The van der Waals surface area contributed by atoms with Crippen LogP contribution in [0.15, 0.2) is 24.3 Å². The number of amides is 1. The van der Waals surface area contributed by atoms with Crippen LogP contribution >= 0.6 is 0 Å². The maximum Gasteiger partial charge on any atom is 0.241 e. The number of carbonyl (C=O) groups is 1. The van der Waals surface area contributed by atoms with Gasteiger partial charge in [-0.2, -0.15) is 0 Å². The number of benzene rings is 1. The summed E-state index contributed by atoms with van der Waals surface area (Å²) in [6.07, 6.45) is 3.61. The molecule has 6 nitrogen and oxygen atoms in total. The van der Waals surface area contributed by atoms with Crippen LogP contribution in [0.4, 0.5) is 11.4 Å². The molecule has 1 saturated heterocycles. The van der Waals surface area contributed by atoms with Crippen molar-refractivity contribution < 1.29 is 13.2 Å². The molecular weight excluding hydrogens is 326 g/mol. The number of sulfone groups is 1. The molecule has 0 aliphatic carbocycles. The normalized spacial score (nSPS) is 17.5. The maximum atomic E-state index is 12.1. The molecular formula is C17H27N3O3S. The fourth-order valence-electron chi connectivity index (χ4n) is 2.75. The van der Waals surface area contributed by atoms with E-state index >= 15 is 0 Å². The van der Waals surface area contributed by atoms with E-state index in [4.69, 9.17) is 5.73 Å². The zero-order chi connectivity index (χ0) is 17.7. The number of piperidine rings is 1. The number of rotatable bonds is 6. The molecule has 1 atom stereocenters. The predicted octanol–water partition coefficient (Wildman–Crippen LogP) is 1.62. The van der Waals surface area contributed by atoms with E-state index in [9.17, 15) is 13.2 Å². The Hall–Kier alpha value is -1.60. The van der Waals surface area contributed by atoms with E-state index < -0.39 is 15.9 Å². The van der Waals surface area contributed by atoms with E-state index in [1.807, 2.05) is 24.3 Å². The molecule has 0 spiro atoms. The quantitative estimate of drug-likeness (QED) is 0.811. The van der Waals surface area contributed by atoms with Gasteiger partial charge in [0.15, 0.2) is 0 Å². The van der Waals surface area contributed by atoms with Gasteiger partial charge >= 0.3 is 0 Å². The number of hydrogen-bond acceptors (Lipinski definition) is 5. The number of hydrogen-bond donors (Lipinski definition) is 2. The molecule has 1 amide bonds. The molecule has 3 N–H and O–H groups in total. The van der Waals surface area contributed by atoms with Crippen LogP contribution in [0.3, 0.4) is 0 Å². The fourth-order valence-corrected chi connectivity index (χ4v) is 3.44. The fraction of sp³-hybridized carbons (Fsp3) is 0.588. The second kappa shape index (κ2) is 7.98. The lowest BCUT2D eigenvalue weighted by Gasteiger charge is -2.32. The Bertz CT molecular complexity index is 667. The number of nitrogens with two attached hydrogens (primary N) is 1. The largest absolute Gasteiger partial charge is 0.371 e. The molecule has 0 saturated carbocycles. The minimum Gasteiger partial charge on any atom is -0.371 e. The molecule has 24 heavy (non-hydrogen) atoms. The van der Waals surface area contributed by atoms with Gasteiger partial charge < -0.3 is 16.0 Å². The van der Waals surface area contributed by atoms with Crippen LogP contribution in [0.25, 0.3) is 0 Å². The molecule has 1 fully saturated rings. The zero-order valence-corrected chi connectivity index (χ0v) is 15.2. The van der Waals surface area contributed by atoms with E-state index in [1.54, 1.807) is 0 Å². The minimum absolute atomic E-state index is 0.0897. The zero-order valence-electron chi connectivity index (χ0n) is 14.4. The summed E-state index contributed by atoms with van der Waals surface area (Å²) in [5.74, 6) is 0.313. The van der Waals surface area contributed by atoms with Crippen molar-refractivity contribution in [3.63, 3.8) is 0 Å². The van der Waals surface area contributed by atoms with Crippen LogP contribution in [0, 0.1) is 5.92 Å². The lowest BCUT2D eigenvalue weighted by Crippen LogP contribution is -2.37. The molecule has 1 unspecified atom stereocenters. The van der Waals surface area contributed by atoms with Crippen LogP contribution < -0.4 is 16.0 Å². The van der Waals surface area contributed by atoms with Crippen molar-refractivity contribution >= 4 is 27.1 Å². The Labute approximate surface area is 144 Å². The lowest BCUT2D eigenvalue weighted by molar-refractivity contribution is -0.117. The molecule has 0 radical (unpaired) electrons.